The van der Waals surface area contributed by atoms with E-state index < -0.39 is 18.3 Å². The molecular formula is C18H25BFNO3S. The van der Waals surface area contributed by atoms with E-state index >= 15 is 0 Å². The van der Waals surface area contributed by atoms with Gasteiger partial charge in [-0.25, -0.2) is 4.39 Å². The van der Waals surface area contributed by atoms with Gasteiger partial charge in [-0.2, -0.15) is 0 Å². The van der Waals surface area contributed by atoms with Crippen molar-refractivity contribution in [1.82, 2.24) is 0 Å². The van der Waals surface area contributed by atoms with Crippen LogP contribution in [0.5, 0.6) is 0 Å². The SMILES string of the molecule is CC(=O)SCC(=Cc1ccc(F)cc1CN)B1OC(C)(C)C(C)(C)O1. The van der Waals surface area contributed by atoms with Crippen molar-refractivity contribution in [3.8, 4) is 0 Å². The Hall–Kier alpha value is -1.15. The molecule has 7 heteroatoms. The molecule has 0 spiro atoms. The summed E-state index contributed by atoms with van der Waals surface area (Å²) >= 11 is 1.19. The first-order valence-electron chi connectivity index (χ1n) is 8.23. The minimum atomic E-state index is -0.562. The van der Waals surface area contributed by atoms with E-state index in [0.717, 1.165) is 11.0 Å². The van der Waals surface area contributed by atoms with Crippen LogP contribution in [0.15, 0.2) is 23.7 Å². The van der Waals surface area contributed by atoms with E-state index in [1.54, 1.807) is 6.07 Å². The number of thioether (sulfide) groups is 1. The first kappa shape index (κ1) is 20.2. The Balaban J connectivity index is 2.38. The smallest absolute Gasteiger partial charge is 0.400 e. The minimum absolute atomic E-state index is 0.0144. The zero-order chi connectivity index (χ0) is 18.8. The maximum absolute atomic E-state index is 13.5. The molecule has 0 unspecified atom stereocenters. The largest absolute Gasteiger partial charge is 0.491 e. The van der Waals surface area contributed by atoms with Gasteiger partial charge in [-0.05, 0) is 56.4 Å². The number of benzene rings is 1. The van der Waals surface area contributed by atoms with Crippen molar-refractivity contribution in [3.63, 3.8) is 0 Å². The molecule has 2 rings (SSSR count). The van der Waals surface area contributed by atoms with Crippen LogP contribution in [0.3, 0.4) is 0 Å². The van der Waals surface area contributed by atoms with Gasteiger partial charge in [0, 0.05) is 19.2 Å². The molecule has 1 saturated heterocycles. The third kappa shape index (κ3) is 4.73. The van der Waals surface area contributed by atoms with E-state index in [4.69, 9.17) is 15.0 Å². The normalized spacial score (nSPS) is 19.3. The van der Waals surface area contributed by atoms with E-state index in [9.17, 15) is 9.18 Å². The lowest BCUT2D eigenvalue weighted by Gasteiger charge is -2.32. The molecule has 1 aliphatic heterocycles. The number of nitrogens with two attached hydrogens (primary N) is 1. The number of hydrogen-bond donors (Lipinski definition) is 1. The lowest BCUT2D eigenvalue weighted by molar-refractivity contribution is -0.109. The van der Waals surface area contributed by atoms with Crippen LogP contribution in [0.4, 0.5) is 4.39 Å². The van der Waals surface area contributed by atoms with Gasteiger partial charge in [0.15, 0.2) is 5.12 Å². The second kappa shape index (κ2) is 7.62. The van der Waals surface area contributed by atoms with E-state index in [-0.39, 0.29) is 17.5 Å². The van der Waals surface area contributed by atoms with Crippen molar-refractivity contribution >= 4 is 30.1 Å². The Bertz CT molecular complexity index is 675. The summed E-state index contributed by atoms with van der Waals surface area (Å²) in [5.41, 5.74) is 7.11. The molecular weight excluding hydrogens is 340 g/mol. The number of halogens is 1. The fourth-order valence-electron chi connectivity index (χ4n) is 2.45. The molecule has 0 aromatic heterocycles. The van der Waals surface area contributed by atoms with Gasteiger partial charge in [0.05, 0.1) is 11.2 Å². The van der Waals surface area contributed by atoms with E-state index in [1.165, 1.54) is 30.8 Å². The monoisotopic (exact) mass is 365 g/mol. The number of rotatable bonds is 5. The summed E-state index contributed by atoms with van der Waals surface area (Å²) in [7, 11) is -0.562. The molecule has 2 N–H and O–H groups in total. The molecule has 1 aliphatic rings. The molecule has 0 atom stereocenters. The zero-order valence-corrected chi connectivity index (χ0v) is 16.2. The molecule has 136 valence electrons. The summed E-state index contributed by atoms with van der Waals surface area (Å²) in [5.74, 6) is 0.112. The molecule has 0 saturated carbocycles. The second-order valence-corrected chi connectivity index (χ2v) is 8.29. The molecule has 0 bridgehead atoms. The Morgan fingerprint density at radius 1 is 1.28 bits per heavy atom. The van der Waals surface area contributed by atoms with Gasteiger partial charge < -0.3 is 15.0 Å². The topological polar surface area (TPSA) is 61.6 Å². The third-order valence-corrected chi connectivity index (χ3v) is 5.55. The van der Waals surface area contributed by atoms with E-state index in [1.807, 2.05) is 33.8 Å². The average molecular weight is 365 g/mol. The fraction of sp³-hybridized carbons (Fsp3) is 0.500. The first-order chi connectivity index (χ1) is 11.6. The Morgan fingerprint density at radius 3 is 2.40 bits per heavy atom. The van der Waals surface area contributed by atoms with Gasteiger partial charge in [0.2, 0.25) is 0 Å². The highest BCUT2D eigenvalue weighted by atomic mass is 32.2. The van der Waals surface area contributed by atoms with Crippen molar-refractivity contribution < 1.29 is 18.5 Å². The molecule has 25 heavy (non-hydrogen) atoms. The van der Waals surface area contributed by atoms with Gasteiger partial charge in [0.1, 0.15) is 5.82 Å². The van der Waals surface area contributed by atoms with E-state index in [0.29, 0.717) is 11.3 Å². The molecule has 1 aromatic carbocycles. The maximum atomic E-state index is 13.5. The number of carbonyl (C=O) groups excluding carboxylic acids is 1. The summed E-state index contributed by atoms with van der Waals surface area (Å²) in [4.78, 5) is 11.4. The van der Waals surface area contributed by atoms with Gasteiger partial charge in [-0.1, -0.05) is 23.9 Å². The van der Waals surface area contributed by atoms with Gasteiger partial charge in [0.25, 0.3) is 0 Å². The lowest BCUT2D eigenvalue weighted by Crippen LogP contribution is -2.41. The molecule has 0 radical (unpaired) electrons. The predicted octanol–water partition coefficient (Wildman–Crippen LogP) is 3.58. The second-order valence-electron chi connectivity index (χ2n) is 7.14. The highest BCUT2D eigenvalue weighted by molar-refractivity contribution is 8.13. The van der Waals surface area contributed by atoms with Crippen LogP contribution in [0.2, 0.25) is 0 Å². The van der Waals surface area contributed by atoms with Crippen LogP contribution in [0, 0.1) is 5.82 Å². The standard InChI is InChI=1S/C18H25BFNO3S/c1-12(22)25-11-15(19-23-17(2,3)18(4,5)24-19)8-13-6-7-16(20)9-14(13)10-21/h6-9H,10-11,21H2,1-5H3. The number of hydrogen-bond acceptors (Lipinski definition) is 5. The van der Waals surface area contributed by atoms with Gasteiger partial charge in [-0.3, -0.25) is 4.79 Å². The average Bonchev–Trinajstić information content (AvgIpc) is 2.72. The first-order valence-corrected chi connectivity index (χ1v) is 9.22. The van der Waals surface area contributed by atoms with Crippen LogP contribution >= 0.6 is 11.8 Å². The number of carbonyl (C=O) groups is 1. The summed E-state index contributed by atoms with van der Waals surface area (Å²) in [6.45, 7) is 9.66. The van der Waals surface area contributed by atoms with Crippen LogP contribution in [0.25, 0.3) is 6.08 Å². The Labute approximate surface area is 153 Å². The summed E-state index contributed by atoms with van der Waals surface area (Å²) in [5, 5.41) is 0.0144. The Morgan fingerprint density at radius 2 is 1.88 bits per heavy atom. The maximum Gasteiger partial charge on any atom is 0.491 e. The fourth-order valence-corrected chi connectivity index (χ4v) is 3.04. The molecule has 4 nitrogen and oxygen atoms in total. The van der Waals surface area contributed by atoms with Gasteiger partial charge in [-0.15, -0.1) is 0 Å². The highest BCUT2D eigenvalue weighted by Crippen LogP contribution is 2.39. The van der Waals surface area contributed by atoms with E-state index in [2.05, 4.69) is 0 Å². The molecule has 1 heterocycles. The third-order valence-electron chi connectivity index (χ3n) is 4.66. The van der Waals surface area contributed by atoms with Crippen molar-refractivity contribution in [1.29, 1.82) is 0 Å². The van der Waals surface area contributed by atoms with Crippen molar-refractivity contribution in [2.45, 2.75) is 52.4 Å². The zero-order valence-electron chi connectivity index (χ0n) is 15.4. The van der Waals surface area contributed by atoms with Crippen molar-refractivity contribution in [2.24, 2.45) is 5.73 Å². The van der Waals surface area contributed by atoms with Crippen LogP contribution in [-0.2, 0) is 20.6 Å². The summed E-state index contributed by atoms with van der Waals surface area (Å²) in [6.07, 6.45) is 1.89. The summed E-state index contributed by atoms with van der Waals surface area (Å²) in [6, 6.07) is 4.50. The molecule has 0 amide bonds. The predicted molar refractivity (Wildman–Crippen MR) is 101 cm³/mol. The molecule has 0 aliphatic carbocycles. The van der Waals surface area contributed by atoms with Crippen molar-refractivity contribution in [3.05, 3.63) is 40.6 Å². The van der Waals surface area contributed by atoms with Crippen molar-refractivity contribution in [2.75, 3.05) is 5.75 Å². The van der Waals surface area contributed by atoms with Crippen LogP contribution < -0.4 is 5.73 Å². The quantitative estimate of drug-likeness (QED) is 0.809. The molecule has 1 aromatic rings. The van der Waals surface area contributed by atoms with Crippen LogP contribution in [0.1, 0.15) is 45.7 Å². The minimum Gasteiger partial charge on any atom is -0.400 e. The summed E-state index contributed by atoms with van der Waals surface area (Å²) < 4.78 is 25.7. The molecule has 1 fully saturated rings. The lowest BCUT2D eigenvalue weighted by atomic mass is 9.78. The highest BCUT2D eigenvalue weighted by Gasteiger charge is 2.52. The Kier molecular flexibility index (Phi) is 6.15. The van der Waals surface area contributed by atoms with Crippen LogP contribution in [-0.4, -0.2) is 29.2 Å². The van der Waals surface area contributed by atoms with Gasteiger partial charge >= 0.3 is 7.12 Å².